The molecule has 0 unspecified atom stereocenters. The first-order chi connectivity index (χ1) is 18.6. The molecule has 0 saturated carbocycles. The van der Waals surface area contributed by atoms with E-state index in [1.807, 2.05) is 23.1 Å². The highest BCUT2D eigenvalue weighted by molar-refractivity contribution is 5.91. The number of nitrogen functional groups attached to an aromatic ring is 1. The first kappa shape index (κ1) is 24.8. The average molecular weight is 518 g/mol. The summed E-state index contributed by atoms with van der Waals surface area (Å²) < 4.78 is 5.39. The topological polar surface area (TPSA) is 188 Å². The number of para-hydroxylation sites is 1. The molecule has 6 rings (SSSR count). The SMILES string of the molecule is CCCc1nc(N2CCN(c3nc(C(=O)NO)co3)CC2)c2ccccc2n1.Nc1ncnc2nc[nH]c12. The molecule has 0 bridgehead atoms. The number of hydroxylamine groups is 1. The van der Waals surface area contributed by atoms with Crippen molar-refractivity contribution in [3.05, 3.63) is 54.7 Å². The summed E-state index contributed by atoms with van der Waals surface area (Å²) in [6, 6.07) is 8.45. The monoisotopic (exact) mass is 517 g/mol. The summed E-state index contributed by atoms with van der Waals surface area (Å²) in [6.07, 6.45) is 6.01. The summed E-state index contributed by atoms with van der Waals surface area (Å²) in [5.41, 5.74) is 9.35. The predicted octanol–water partition coefficient (Wildman–Crippen LogP) is 1.95. The van der Waals surface area contributed by atoms with Crippen molar-refractivity contribution in [2.45, 2.75) is 19.8 Å². The van der Waals surface area contributed by atoms with Crippen LogP contribution >= 0.6 is 0 Å². The number of aromatic amines is 1. The van der Waals surface area contributed by atoms with E-state index in [0.29, 0.717) is 36.1 Å². The number of amides is 1. The lowest BCUT2D eigenvalue weighted by molar-refractivity contribution is 0.0700. The van der Waals surface area contributed by atoms with Gasteiger partial charge in [0.25, 0.3) is 11.9 Å². The van der Waals surface area contributed by atoms with Crippen LogP contribution in [0.3, 0.4) is 0 Å². The molecule has 38 heavy (non-hydrogen) atoms. The van der Waals surface area contributed by atoms with Crippen molar-refractivity contribution in [1.82, 2.24) is 40.4 Å². The number of rotatable bonds is 5. The third-order valence-corrected chi connectivity index (χ3v) is 6.03. The van der Waals surface area contributed by atoms with E-state index < -0.39 is 5.91 Å². The minimum Gasteiger partial charge on any atom is -0.431 e. The van der Waals surface area contributed by atoms with Crippen LogP contribution in [0.5, 0.6) is 0 Å². The largest absolute Gasteiger partial charge is 0.431 e. The number of benzene rings is 1. The third kappa shape index (κ3) is 5.15. The van der Waals surface area contributed by atoms with Gasteiger partial charge >= 0.3 is 0 Å². The number of hydrogen-bond acceptors (Lipinski definition) is 12. The van der Waals surface area contributed by atoms with E-state index >= 15 is 0 Å². The van der Waals surface area contributed by atoms with Crippen molar-refractivity contribution in [3.8, 4) is 0 Å². The number of piperazine rings is 1. The molecule has 4 aromatic heterocycles. The lowest BCUT2D eigenvalue weighted by Crippen LogP contribution is -2.47. The first-order valence-corrected chi connectivity index (χ1v) is 12.1. The molecule has 0 atom stereocenters. The fourth-order valence-corrected chi connectivity index (χ4v) is 4.15. The van der Waals surface area contributed by atoms with Crippen LogP contribution in [-0.2, 0) is 6.42 Å². The van der Waals surface area contributed by atoms with Crippen molar-refractivity contribution in [3.63, 3.8) is 0 Å². The van der Waals surface area contributed by atoms with Crippen LogP contribution in [0.15, 0.2) is 47.6 Å². The molecule has 0 radical (unpaired) electrons. The van der Waals surface area contributed by atoms with Crippen LogP contribution in [0.25, 0.3) is 22.1 Å². The molecule has 1 aromatic carbocycles. The highest BCUT2D eigenvalue weighted by Gasteiger charge is 2.24. The van der Waals surface area contributed by atoms with Crippen molar-refractivity contribution in [2.24, 2.45) is 0 Å². The zero-order valence-corrected chi connectivity index (χ0v) is 20.7. The second-order valence-electron chi connectivity index (χ2n) is 8.52. The van der Waals surface area contributed by atoms with Gasteiger partial charge in [-0.3, -0.25) is 10.0 Å². The van der Waals surface area contributed by atoms with Crippen LogP contribution in [0.1, 0.15) is 29.7 Å². The van der Waals surface area contributed by atoms with Gasteiger partial charge in [-0.05, 0) is 18.6 Å². The Labute approximate surface area is 216 Å². The van der Waals surface area contributed by atoms with Gasteiger partial charge in [0.2, 0.25) is 0 Å². The molecule has 1 saturated heterocycles. The summed E-state index contributed by atoms with van der Waals surface area (Å²) in [5.74, 6) is 1.57. The number of oxazole rings is 1. The number of carbonyl (C=O) groups is 1. The second kappa shape index (κ2) is 11.0. The van der Waals surface area contributed by atoms with Gasteiger partial charge in [-0.1, -0.05) is 19.1 Å². The normalized spacial score (nSPS) is 13.4. The molecule has 5 aromatic rings. The van der Waals surface area contributed by atoms with Gasteiger partial charge in [0.1, 0.15) is 29.7 Å². The molecule has 0 aliphatic carbocycles. The Kier molecular flexibility index (Phi) is 7.21. The summed E-state index contributed by atoms with van der Waals surface area (Å²) in [4.78, 5) is 43.7. The average Bonchev–Trinajstić information content (AvgIpc) is 3.64. The standard InChI is InChI=1S/C19H22N6O3.C5H5N5/c1-2-5-16-20-14-7-4-3-6-13(14)17(22-16)24-8-10-25(11-9-24)19-21-15(12-28-19)18(26)23-27;6-4-3-5(9-1-7-3)10-2-8-4/h3-4,6-7,12,27H,2,5,8-11H2,1H3,(H,23,26);1-2H,(H3,6,7,8,9,10). The van der Waals surface area contributed by atoms with E-state index in [9.17, 15) is 4.79 Å². The molecular weight excluding hydrogens is 490 g/mol. The molecule has 1 amide bonds. The number of fused-ring (bicyclic) bond motifs is 2. The van der Waals surface area contributed by atoms with E-state index in [4.69, 9.17) is 20.3 Å². The van der Waals surface area contributed by atoms with E-state index in [2.05, 4.69) is 47.8 Å². The van der Waals surface area contributed by atoms with Crippen LogP contribution in [0.4, 0.5) is 17.7 Å². The zero-order valence-electron chi connectivity index (χ0n) is 20.7. The van der Waals surface area contributed by atoms with Crippen LogP contribution in [0.2, 0.25) is 0 Å². The molecule has 14 nitrogen and oxygen atoms in total. The van der Waals surface area contributed by atoms with E-state index in [-0.39, 0.29) is 5.69 Å². The van der Waals surface area contributed by atoms with Crippen LogP contribution < -0.4 is 21.0 Å². The Bertz CT molecular complexity index is 1540. The summed E-state index contributed by atoms with van der Waals surface area (Å²) in [5, 5.41) is 9.75. The predicted molar refractivity (Wildman–Crippen MR) is 140 cm³/mol. The number of anilines is 3. The number of aryl methyl sites for hydroxylation is 1. The Morgan fingerprint density at radius 3 is 2.66 bits per heavy atom. The van der Waals surface area contributed by atoms with Gasteiger partial charge in [0.15, 0.2) is 17.2 Å². The van der Waals surface area contributed by atoms with Gasteiger partial charge in [-0.2, -0.15) is 4.98 Å². The number of hydrogen-bond donors (Lipinski definition) is 4. The van der Waals surface area contributed by atoms with Gasteiger partial charge in [0.05, 0.1) is 11.8 Å². The lowest BCUT2D eigenvalue weighted by atomic mass is 10.2. The number of carbonyl (C=O) groups excluding carboxylic acids is 1. The number of nitrogens with one attached hydrogen (secondary N) is 2. The molecule has 1 aliphatic heterocycles. The van der Waals surface area contributed by atoms with Gasteiger partial charge < -0.3 is 24.9 Å². The minimum atomic E-state index is -0.690. The van der Waals surface area contributed by atoms with E-state index in [0.717, 1.165) is 48.5 Å². The molecular formula is C24H27N11O3. The summed E-state index contributed by atoms with van der Waals surface area (Å²) >= 11 is 0. The maximum Gasteiger partial charge on any atom is 0.298 e. The first-order valence-electron chi connectivity index (χ1n) is 12.1. The van der Waals surface area contributed by atoms with Crippen molar-refractivity contribution in [2.75, 3.05) is 41.7 Å². The zero-order chi connectivity index (χ0) is 26.5. The Balaban J connectivity index is 0.000000244. The third-order valence-electron chi connectivity index (χ3n) is 6.03. The Hall–Kier alpha value is -4.85. The van der Waals surface area contributed by atoms with Gasteiger partial charge in [-0.15, -0.1) is 0 Å². The van der Waals surface area contributed by atoms with Crippen molar-refractivity contribution >= 4 is 45.6 Å². The molecule has 1 fully saturated rings. The number of H-pyrrole nitrogens is 1. The number of imidazole rings is 1. The van der Waals surface area contributed by atoms with E-state index in [1.54, 1.807) is 5.48 Å². The molecule has 1 aliphatic rings. The van der Waals surface area contributed by atoms with Crippen molar-refractivity contribution < 1.29 is 14.4 Å². The van der Waals surface area contributed by atoms with Crippen molar-refractivity contribution in [1.29, 1.82) is 0 Å². The van der Waals surface area contributed by atoms with E-state index in [1.165, 1.54) is 18.9 Å². The van der Waals surface area contributed by atoms with Gasteiger partial charge in [0, 0.05) is 38.0 Å². The summed E-state index contributed by atoms with van der Waals surface area (Å²) in [7, 11) is 0. The molecule has 14 heteroatoms. The maximum absolute atomic E-state index is 11.4. The lowest BCUT2D eigenvalue weighted by Gasteiger charge is -2.35. The van der Waals surface area contributed by atoms with Gasteiger partial charge in [-0.25, -0.2) is 30.4 Å². The number of nitrogens with two attached hydrogens (primary N) is 1. The minimum absolute atomic E-state index is 0.0472. The quantitative estimate of drug-likeness (QED) is 0.196. The molecule has 196 valence electrons. The van der Waals surface area contributed by atoms with Crippen LogP contribution in [-0.4, -0.2) is 72.2 Å². The number of aromatic nitrogens is 7. The fraction of sp³-hybridized carbons (Fsp3) is 0.292. The molecule has 5 heterocycles. The molecule has 0 spiro atoms. The summed E-state index contributed by atoms with van der Waals surface area (Å²) in [6.45, 7) is 4.98. The second-order valence-corrected chi connectivity index (χ2v) is 8.52. The number of nitrogens with zero attached hydrogens (tertiary/aromatic N) is 8. The smallest absolute Gasteiger partial charge is 0.298 e. The molecule has 5 N–H and O–H groups in total. The fourth-order valence-electron chi connectivity index (χ4n) is 4.15. The highest BCUT2D eigenvalue weighted by Crippen LogP contribution is 2.26. The Morgan fingerprint density at radius 2 is 1.89 bits per heavy atom. The maximum atomic E-state index is 11.4. The Morgan fingerprint density at radius 1 is 1.11 bits per heavy atom. The van der Waals surface area contributed by atoms with Crippen LogP contribution in [0, 0.1) is 0 Å². The highest BCUT2D eigenvalue weighted by atomic mass is 16.5.